The molecule has 5 heteroatoms. The molecule has 5 rings (SSSR count). The molecule has 3 atom stereocenters. The van der Waals surface area contributed by atoms with Gasteiger partial charge in [-0.25, -0.2) is 0 Å². The summed E-state index contributed by atoms with van der Waals surface area (Å²) in [6, 6.07) is 7.21. The quantitative estimate of drug-likeness (QED) is 0.832. The van der Waals surface area contributed by atoms with Crippen LogP contribution in [0.15, 0.2) is 24.4 Å². The van der Waals surface area contributed by atoms with E-state index in [0.717, 1.165) is 45.7 Å². The van der Waals surface area contributed by atoms with Crippen LogP contribution in [0.4, 0.5) is 0 Å². The van der Waals surface area contributed by atoms with E-state index in [1.165, 1.54) is 22.0 Å². The number of carbonyl (C=O) groups is 1. The monoisotopic (exact) mass is 367 g/mol. The molecule has 2 aliphatic heterocycles. The number of aromatic nitrogens is 1. The molecule has 0 amide bonds. The molecule has 3 aliphatic rings. The summed E-state index contributed by atoms with van der Waals surface area (Å²) >= 11 is 0. The number of benzene rings is 1. The zero-order valence-electron chi connectivity index (χ0n) is 16.4. The molecule has 2 saturated heterocycles. The highest BCUT2D eigenvalue weighted by Crippen LogP contribution is 2.44. The number of nitrogens with zero attached hydrogens (tertiary/aromatic N) is 3. The van der Waals surface area contributed by atoms with E-state index < -0.39 is 0 Å². The van der Waals surface area contributed by atoms with E-state index in [4.69, 9.17) is 4.74 Å². The van der Waals surface area contributed by atoms with Crippen molar-refractivity contribution in [1.29, 1.82) is 0 Å². The van der Waals surface area contributed by atoms with Crippen LogP contribution in [0, 0.1) is 5.92 Å². The van der Waals surface area contributed by atoms with Gasteiger partial charge in [0.05, 0.1) is 19.8 Å². The Morgan fingerprint density at radius 2 is 2.04 bits per heavy atom. The van der Waals surface area contributed by atoms with Crippen molar-refractivity contribution in [2.45, 2.75) is 24.8 Å². The number of hydrogen-bond donors (Lipinski definition) is 0. The second-order valence-corrected chi connectivity index (χ2v) is 8.61. The maximum atomic E-state index is 13.1. The lowest BCUT2D eigenvalue weighted by Crippen LogP contribution is -2.51. The Kier molecular flexibility index (Phi) is 4.34. The zero-order valence-corrected chi connectivity index (χ0v) is 16.4. The minimum atomic E-state index is 0.139. The van der Waals surface area contributed by atoms with Crippen molar-refractivity contribution in [2.75, 3.05) is 46.4 Å². The number of likely N-dealkylation sites (N-methyl/N-ethyl adjacent to an activating group) is 1. The van der Waals surface area contributed by atoms with Crippen LogP contribution in [0.25, 0.3) is 10.9 Å². The molecule has 2 unspecified atom stereocenters. The Labute approximate surface area is 160 Å². The van der Waals surface area contributed by atoms with Gasteiger partial charge in [0.2, 0.25) is 0 Å². The van der Waals surface area contributed by atoms with Crippen molar-refractivity contribution in [1.82, 2.24) is 14.4 Å². The molecule has 0 bridgehead atoms. The second-order valence-electron chi connectivity index (χ2n) is 8.61. The number of carbonyl (C=O) groups excluding carboxylic acids is 1. The maximum Gasteiger partial charge on any atom is 0.151 e. The van der Waals surface area contributed by atoms with E-state index in [0.29, 0.717) is 24.3 Å². The fourth-order valence-corrected chi connectivity index (χ4v) is 5.56. The van der Waals surface area contributed by atoms with Gasteiger partial charge in [-0.3, -0.25) is 9.69 Å². The Morgan fingerprint density at radius 3 is 2.85 bits per heavy atom. The number of likely N-dealkylation sites (tertiary alicyclic amines) is 1. The summed E-state index contributed by atoms with van der Waals surface area (Å²) in [4.78, 5) is 17.8. The average molecular weight is 367 g/mol. The summed E-state index contributed by atoms with van der Waals surface area (Å²) < 4.78 is 7.68. The summed E-state index contributed by atoms with van der Waals surface area (Å²) in [6.07, 6.45) is 4.39. The Hall–Kier alpha value is -1.69. The van der Waals surface area contributed by atoms with Gasteiger partial charge in [0.1, 0.15) is 0 Å². The Bertz CT molecular complexity index is 868. The Morgan fingerprint density at radius 1 is 1.22 bits per heavy atom. The zero-order chi connectivity index (χ0) is 18.5. The van der Waals surface area contributed by atoms with Crippen LogP contribution >= 0.6 is 0 Å². The number of rotatable bonds is 3. The van der Waals surface area contributed by atoms with Crippen molar-refractivity contribution >= 4 is 16.7 Å². The summed E-state index contributed by atoms with van der Waals surface area (Å²) in [5.74, 6) is 1.01. The standard InChI is InChI=1S/C22H29N3O2/c1-23-13-16-11-20-18(17-4-3-5-19(23)22(16)17)10-15(12-24(20)2)21(26)14-25-6-8-27-9-7-25/h3-5,13,15,18,20H,6-12,14H2,1-2H3/t15?,18?,20-/m1/s1. The fourth-order valence-electron chi connectivity index (χ4n) is 5.56. The van der Waals surface area contributed by atoms with Crippen LogP contribution in [-0.4, -0.2) is 72.6 Å². The molecule has 2 aromatic rings. The number of piperidine rings is 1. The summed E-state index contributed by atoms with van der Waals surface area (Å²) in [7, 11) is 4.35. The third kappa shape index (κ3) is 2.93. The number of aryl methyl sites for hydroxylation is 1. The van der Waals surface area contributed by atoms with E-state index in [9.17, 15) is 4.79 Å². The highest BCUT2D eigenvalue weighted by atomic mass is 16.5. The molecule has 0 N–H and O–H groups in total. The van der Waals surface area contributed by atoms with Crippen molar-refractivity contribution in [3.63, 3.8) is 0 Å². The molecule has 5 nitrogen and oxygen atoms in total. The van der Waals surface area contributed by atoms with Gasteiger partial charge in [-0.1, -0.05) is 12.1 Å². The van der Waals surface area contributed by atoms with Crippen LogP contribution in [0.2, 0.25) is 0 Å². The van der Waals surface area contributed by atoms with Crippen LogP contribution in [-0.2, 0) is 23.0 Å². The number of morpholine rings is 1. The first-order valence-electron chi connectivity index (χ1n) is 10.2. The van der Waals surface area contributed by atoms with E-state index >= 15 is 0 Å². The van der Waals surface area contributed by atoms with E-state index in [2.05, 4.69) is 52.9 Å². The molecule has 27 heavy (non-hydrogen) atoms. The van der Waals surface area contributed by atoms with Gasteiger partial charge in [0.25, 0.3) is 0 Å². The van der Waals surface area contributed by atoms with E-state index in [1.54, 1.807) is 0 Å². The lowest BCUT2D eigenvalue weighted by Gasteiger charge is -2.45. The van der Waals surface area contributed by atoms with Crippen LogP contribution in [0.3, 0.4) is 0 Å². The molecule has 0 radical (unpaired) electrons. The third-order valence-corrected chi connectivity index (χ3v) is 6.97. The van der Waals surface area contributed by atoms with Gasteiger partial charge < -0.3 is 14.2 Å². The fraction of sp³-hybridized carbons (Fsp3) is 0.591. The molecule has 0 spiro atoms. The lowest BCUT2D eigenvalue weighted by molar-refractivity contribution is -0.127. The van der Waals surface area contributed by atoms with Crippen molar-refractivity contribution in [3.8, 4) is 0 Å². The minimum Gasteiger partial charge on any atom is -0.379 e. The van der Waals surface area contributed by atoms with Gasteiger partial charge in [0.15, 0.2) is 5.78 Å². The second kappa shape index (κ2) is 6.73. The minimum absolute atomic E-state index is 0.139. The molecule has 3 heterocycles. The third-order valence-electron chi connectivity index (χ3n) is 6.97. The van der Waals surface area contributed by atoms with Crippen LogP contribution in [0.5, 0.6) is 0 Å². The first kappa shape index (κ1) is 17.4. The number of ketones is 1. The van der Waals surface area contributed by atoms with E-state index in [1.807, 2.05) is 0 Å². The van der Waals surface area contributed by atoms with E-state index in [-0.39, 0.29) is 5.92 Å². The van der Waals surface area contributed by atoms with Crippen molar-refractivity contribution < 1.29 is 9.53 Å². The van der Waals surface area contributed by atoms with Gasteiger partial charge >= 0.3 is 0 Å². The lowest BCUT2D eigenvalue weighted by atomic mass is 9.71. The Balaban J connectivity index is 1.41. The van der Waals surface area contributed by atoms with Gasteiger partial charge in [-0.05, 0) is 37.1 Å². The van der Waals surface area contributed by atoms with Crippen molar-refractivity contribution in [2.24, 2.45) is 13.0 Å². The van der Waals surface area contributed by atoms with Gasteiger partial charge in [-0.2, -0.15) is 0 Å². The molecular formula is C22H29N3O2. The van der Waals surface area contributed by atoms with Crippen LogP contribution in [0.1, 0.15) is 23.5 Å². The molecule has 1 aliphatic carbocycles. The average Bonchev–Trinajstić information content (AvgIpc) is 3.00. The van der Waals surface area contributed by atoms with Crippen LogP contribution < -0.4 is 0 Å². The largest absolute Gasteiger partial charge is 0.379 e. The van der Waals surface area contributed by atoms with Crippen molar-refractivity contribution in [3.05, 3.63) is 35.5 Å². The molecule has 144 valence electrons. The normalized spacial score (nSPS) is 29.0. The molecule has 2 fully saturated rings. The number of hydrogen-bond acceptors (Lipinski definition) is 4. The smallest absolute Gasteiger partial charge is 0.151 e. The summed E-state index contributed by atoms with van der Waals surface area (Å²) in [6.45, 7) is 4.74. The predicted octanol–water partition coefficient (Wildman–Crippen LogP) is 2.04. The van der Waals surface area contributed by atoms with Gasteiger partial charge in [0, 0.05) is 61.7 Å². The number of ether oxygens (including phenoxy) is 1. The topological polar surface area (TPSA) is 37.7 Å². The molecule has 1 aromatic heterocycles. The summed E-state index contributed by atoms with van der Waals surface area (Å²) in [5, 5.41) is 1.44. The van der Waals surface area contributed by atoms with Gasteiger partial charge in [-0.15, -0.1) is 0 Å². The SMILES string of the molecule is CN1CC(C(=O)CN2CCOCC2)CC2c3cccc4c3c(cn4C)C[C@H]21. The molecule has 1 aromatic carbocycles. The first-order valence-corrected chi connectivity index (χ1v) is 10.2. The highest BCUT2D eigenvalue weighted by Gasteiger charge is 2.41. The highest BCUT2D eigenvalue weighted by molar-refractivity contribution is 5.89. The maximum absolute atomic E-state index is 13.1. The number of fused-ring (bicyclic) bond motifs is 2. The molecule has 0 saturated carbocycles. The predicted molar refractivity (Wildman–Crippen MR) is 106 cm³/mol. The summed E-state index contributed by atoms with van der Waals surface area (Å²) in [5.41, 5.74) is 4.25. The molecular weight excluding hydrogens is 338 g/mol. The first-order chi connectivity index (χ1) is 13.1. The number of Topliss-reactive ketones (excluding diaryl/α,β-unsaturated/α-hetero) is 1.